The van der Waals surface area contributed by atoms with Crippen LogP contribution >= 0.6 is 11.3 Å². The van der Waals surface area contributed by atoms with Crippen LogP contribution < -0.4 is 5.32 Å². The van der Waals surface area contributed by atoms with Crippen LogP contribution in [0.25, 0.3) is 0 Å². The number of thiophene rings is 1. The molecule has 1 aliphatic carbocycles. The van der Waals surface area contributed by atoms with E-state index < -0.39 is 0 Å². The van der Waals surface area contributed by atoms with Crippen molar-refractivity contribution in [3.05, 3.63) is 81.7 Å². The molecule has 0 radical (unpaired) electrons. The number of benzene rings is 2. The van der Waals surface area contributed by atoms with Gasteiger partial charge in [0.25, 0.3) is 5.91 Å². The van der Waals surface area contributed by atoms with Crippen LogP contribution in [0.1, 0.15) is 44.8 Å². The molecule has 1 amide bonds. The quantitative estimate of drug-likeness (QED) is 0.601. The second kappa shape index (κ2) is 8.40. The number of carbonyl (C=O) groups excluding carboxylic acids is 1. The van der Waals surface area contributed by atoms with Gasteiger partial charge in [0.1, 0.15) is 10.8 Å². The number of aromatic hydroxyl groups is 1. The van der Waals surface area contributed by atoms with Crippen molar-refractivity contribution in [1.29, 1.82) is 0 Å². The first-order valence-electron chi connectivity index (χ1n) is 9.50. The Labute approximate surface area is 168 Å². The summed E-state index contributed by atoms with van der Waals surface area (Å²) < 4.78 is 0. The zero-order valence-corrected chi connectivity index (χ0v) is 16.3. The van der Waals surface area contributed by atoms with Gasteiger partial charge >= 0.3 is 0 Å². The fourth-order valence-corrected chi connectivity index (χ4v) is 4.71. The highest BCUT2D eigenvalue weighted by molar-refractivity contribution is 7.16. The second-order valence-electron chi connectivity index (χ2n) is 6.91. The molecule has 1 heterocycles. The number of aliphatic imine (C=N–C) groups is 1. The highest BCUT2D eigenvalue weighted by Gasteiger charge is 2.25. The Morgan fingerprint density at radius 3 is 2.75 bits per heavy atom. The van der Waals surface area contributed by atoms with Gasteiger partial charge in [-0.25, -0.2) is 4.99 Å². The van der Waals surface area contributed by atoms with Crippen LogP contribution in [0.4, 0.5) is 5.00 Å². The highest BCUT2D eigenvalue weighted by Crippen LogP contribution is 2.39. The Morgan fingerprint density at radius 2 is 1.93 bits per heavy atom. The van der Waals surface area contributed by atoms with E-state index in [1.54, 1.807) is 35.8 Å². The Kier molecular flexibility index (Phi) is 5.53. The molecule has 5 heteroatoms. The van der Waals surface area contributed by atoms with Crippen molar-refractivity contribution in [3.8, 4) is 5.75 Å². The Bertz CT molecular complexity index is 1010. The topological polar surface area (TPSA) is 61.7 Å². The van der Waals surface area contributed by atoms with Crippen molar-refractivity contribution in [2.75, 3.05) is 0 Å². The number of phenolic OH excluding ortho intramolecular Hbond substituents is 1. The van der Waals surface area contributed by atoms with Gasteiger partial charge in [-0.15, -0.1) is 11.3 Å². The molecule has 1 aromatic heterocycles. The van der Waals surface area contributed by atoms with Crippen LogP contribution in [-0.4, -0.2) is 17.2 Å². The Hall–Kier alpha value is -2.92. The third kappa shape index (κ3) is 4.15. The van der Waals surface area contributed by atoms with E-state index in [0.717, 1.165) is 47.4 Å². The molecule has 2 aromatic carbocycles. The third-order valence-corrected chi connectivity index (χ3v) is 6.08. The molecule has 28 heavy (non-hydrogen) atoms. The molecule has 0 saturated carbocycles. The molecule has 0 spiro atoms. The second-order valence-corrected chi connectivity index (χ2v) is 8.00. The molecule has 3 aromatic rings. The third-order valence-electron chi connectivity index (χ3n) is 4.88. The van der Waals surface area contributed by atoms with Crippen LogP contribution in [0.3, 0.4) is 0 Å². The Balaban J connectivity index is 1.61. The van der Waals surface area contributed by atoms with Crippen LogP contribution in [0.5, 0.6) is 5.75 Å². The van der Waals surface area contributed by atoms with E-state index in [4.69, 9.17) is 0 Å². The molecule has 0 saturated heterocycles. The summed E-state index contributed by atoms with van der Waals surface area (Å²) in [6, 6.07) is 16.9. The lowest BCUT2D eigenvalue weighted by atomic mass is 9.95. The SMILES string of the molecule is O=C(NCc1ccccc1)c1c(N=Cc2cccc(O)c2)sc2c1CCCC2. The van der Waals surface area contributed by atoms with E-state index in [-0.39, 0.29) is 11.7 Å². The number of fused-ring (bicyclic) bond motifs is 1. The van der Waals surface area contributed by atoms with Gasteiger partial charge in [0.2, 0.25) is 0 Å². The van der Waals surface area contributed by atoms with E-state index in [1.807, 2.05) is 36.4 Å². The van der Waals surface area contributed by atoms with Crippen LogP contribution in [-0.2, 0) is 19.4 Å². The summed E-state index contributed by atoms with van der Waals surface area (Å²) in [5.41, 5.74) is 3.75. The van der Waals surface area contributed by atoms with E-state index >= 15 is 0 Å². The van der Waals surface area contributed by atoms with Crippen molar-refractivity contribution in [3.63, 3.8) is 0 Å². The fraction of sp³-hybridized carbons (Fsp3) is 0.217. The molecule has 1 aliphatic rings. The van der Waals surface area contributed by atoms with Gasteiger partial charge < -0.3 is 10.4 Å². The molecule has 0 atom stereocenters. The Morgan fingerprint density at radius 1 is 1.11 bits per heavy atom. The zero-order chi connectivity index (χ0) is 19.3. The van der Waals surface area contributed by atoms with Crippen molar-refractivity contribution in [1.82, 2.24) is 5.32 Å². The maximum atomic E-state index is 13.0. The first-order chi connectivity index (χ1) is 13.7. The highest BCUT2D eigenvalue weighted by atomic mass is 32.1. The summed E-state index contributed by atoms with van der Waals surface area (Å²) >= 11 is 1.61. The van der Waals surface area contributed by atoms with Crippen molar-refractivity contribution in [2.45, 2.75) is 32.2 Å². The van der Waals surface area contributed by atoms with Gasteiger partial charge in [-0.2, -0.15) is 0 Å². The van der Waals surface area contributed by atoms with Gasteiger partial charge in [0.05, 0.1) is 5.56 Å². The summed E-state index contributed by atoms with van der Waals surface area (Å²) in [6.45, 7) is 0.500. The van der Waals surface area contributed by atoms with Crippen LogP contribution in [0, 0.1) is 0 Å². The minimum absolute atomic E-state index is 0.0636. The van der Waals surface area contributed by atoms with Gasteiger partial charge in [-0.05, 0) is 54.5 Å². The summed E-state index contributed by atoms with van der Waals surface area (Å²) in [5.74, 6) is 0.140. The normalized spacial score (nSPS) is 13.4. The molecule has 0 bridgehead atoms. The van der Waals surface area contributed by atoms with E-state index in [0.29, 0.717) is 12.1 Å². The monoisotopic (exact) mass is 390 g/mol. The molecule has 4 rings (SSSR count). The number of nitrogens with zero attached hydrogens (tertiary/aromatic N) is 1. The van der Waals surface area contributed by atoms with Crippen LogP contribution in [0.2, 0.25) is 0 Å². The zero-order valence-electron chi connectivity index (χ0n) is 15.5. The maximum Gasteiger partial charge on any atom is 0.254 e. The largest absolute Gasteiger partial charge is 0.508 e. The molecule has 2 N–H and O–H groups in total. The number of hydrogen-bond acceptors (Lipinski definition) is 4. The minimum Gasteiger partial charge on any atom is -0.508 e. The van der Waals surface area contributed by atoms with E-state index in [1.165, 1.54) is 4.88 Å². The maximum absolute atomic E-state index is 13.0. The first-order valence-corrected chi connectivity index (χ1v) is 10.3. The van der Waals surface area contributed by atoms with Crippen molar-refractivity contribution >= 4 is 28.5 Å². The van der Waals surface area contributed by atoms with E-state index in [2.05, 4.69) is 10.3 Å². The predicted octanol–water partition coefficient (Wildman–Crippen LogP) is 5.01. The molecule has 4 nitrogen and oxygen atoms in total. The average Bonchev–Trinajstić information content (AvgIpc) is 3.10. The van der Waals surface area contributed by atoms with Crippen LogP contribution in [0.15, 0.2) is 59.6 Å². The molecule has 0 unspecified atom stereocenters. The average molecular weight is 391 g/mol. The number of aryl methyl sites for hydroxylation is 1. The summed E-state index contributed by atoms with van der Waals surface area (Å²) in [7, 11) is 0. The lowest BCUT2D eigenvalue weighted by Gasteiger charge is -2.12. The number of hydrogen-bond donors (Lipinski definition) is 2. The summed E-state index contributed by atoms with van der Waals surface area (Å²) in [5, 5.41) is 13.4. The number of phenols is 1. The van der Waals surface area contributed by atoms with Gasteiger partial charge in [0, 0.05) is 17.6 Å². The first kappa shape index (κ1) is 18.4. The minimum atomic E-state index is -0.0636. The fourth-order valence-electron chi connectivity index (χ4n) is 3.48. The molecular formula is C23H22N2O2S. The van der Waals surface area contributed by atoms with Gasteiger partial charge in [0.15, 0.2) is 0 Å². The number of carbonyl (C=O) groups is 1. The van der Waals surface area contributed by atoms with Crippen molar-refractivity contribution < 1.29 is 9.90 Å². The van der Waals surface area contributed by atoms with Gasteiger partial charge in [-0.1, -0.05) is 42.5 Å². The predicted molar refractivity (Wildman–Crippen MR) is 114 cm³/mol. The molecule has 0 fully saturated rings. The number of rotatable bonds is 5. The number of amides is 1. The smallest absolute Gasteiger partial charge is 0.254 e. The summed E-state index contributed by atoms with van der Waals surface area (Å²) in [6.07, 6.45) is 5.93. The standard InChI is InChI=1S/C23H22N2O2S/c26-18-10-6-9-17(13-18)15-25-23-21(19-11-4-5-12-20(19)28-23)22(27)24-14-16-7-2-1-3-8-16/h1-3,6-10,13,15,26H,4-5,11-12,14H2,(H,24,27). The molecule has 0 aliphatic heterocycles. The van der Waals surface area contributed by atoms with Crippen molar-refractivity contribution in [2.24, 2.45) is 4.99 Å². The molecule has 142 valence electrons. The molecular weight excluding hydrogens is 368 g/mol. The lowest BCUT2D eigenvalue weighted by molar-refractivity contribution is 0.0951. The van der Waals surface area contributed by atoms with E-state index in [9.17, 15) is 9.90 Å². The van der Waals surface area contributed by atoms with Gasteiger partial charge in [-0.3, -0.25) is 4.79 Å². The summed E-state index contributed by atoms with van der Waals surface area (Å²) in [4.78, 5) is 18.9. The number of nitrogens with one attached hydrogen (secondary N) is 1. The lowest BCUT2D eigenvalue weighted by Crippen LogP contribution is -2.24.